The molecule has 0 radical (unpaired) electrons. The fraction of sp³-hybridized carbons (Fsp3) is 0.583. The first-order valence-electron chi connectivity index (χ1n) is 6.09. The van der Waals surface area contributed by atoms with Crippen LogP contribution in [0.15, 0.2) is 10.8 Å². The normalized spacial score (nSPS) is 22.9. The van der Waals surface area contributed by atoms with Crippen LogP contribution in [-0.4, -0.2) is 28.0 Å². The summed E-state index contributed by atoms with van der Waals surface area (Å²) in [4.78, 5) is 26.9. The summed E-state index contributed by atoms with van der Waals surface area (Å²) in [6, 6.07) is -0.309. The van der Waals surface area contributed by atoms with Crippen LogP contribution in [0.25, 0.3) is 0 Å². The molecule has 2 rings (SSSR count). The number of nitrogens with zero attached hydrogens (tertiary/aromatic N) is 1. The van der Waals surface area contributed by atoms with Crippen molar-refractivity contribution in [3.05, 3.63) is 17.8 Å². The van der Waals surface area contributed by atoms with E-state index in [0.29, 0.717) is 25.0 Å². The zero-order valence-corrected chi connectivity index (χ0v) is 10.2. The molecule has 0 bridgehead atoms. The first-order chi connectivity index (χ1) is 8.63. The van der Waals surface area contributed by atoms with Gasteiger partial charge in [0.05, 0.1) is 5.92 Å². The first kappa shape index (κ1) is 12.6. The van der Waals surface area contributed by atoms with Crippen LogP contribution in [0.4, 0.5) is 0 Å². The lowest BCUT2D eigenvalue weighted by Crippen LogP contribution is -2.40. The molecule has 0 saturated heterocycles. The second-order valence-electron chi connectivity index (χ2n) is 4.43. The first-order valence-corrected chi connectivity index (χ1v) is 6.09. The van der Waals surface area contributed by atoms with Crippen molar-refractivity contribution >= 4 is 11.9 Å². The molecule has 2 N–H and O–H groups in total. The highest BCUT2D eigenvalue weighted by Crippen LogP contribution is 2.26. The molecule has 1 fully saturated rings. The second-order valence-corrected chi connectivity index (χ2v) is 4.43. The van der Waals surface area contributed by atoms with E-state index >= 15 is 0 Å². The molecule has 1 aromatic rings. The van der Waals surface area contributed by atoms with Gasteiger partial charge in [-0.05, 0) is 12.8 Å². The molecule has 0 aliphatic heterocycles. The van der Waals surface area contributed by atoms with Gasteiger partial charge in [-0.25, -0.2) is 4.98 Å². The number of oxazole rings is 1. The Bertz CT molecular complexity index is 455. The summed E-state index contributed by atoms with van der Waals surface area (Å²) in [6.07, 6.45) is 3.94. The van der Waals surface area contributed by atoms with Gasteiger partial charge < -0.3 is 14.8 Å². The summed E-state index contributed by atoms with van der Waals surface area (Å²) in [5, 5.41) is 11.8. The van der Waals surface area contributed by atoms with E-state index in [1.807, 2.05) is 6.92 Å². The number of carboxylic acid groups (broad SMARTS) is 1. The average molecular weight is 252 g/mol. The quantitative estimate of drug-likeness (QED) is 0.840. The highest BCUT2D eigenvalue weighted by molar-refractivity contribution is 5.93. The maximum absolute atomic E-state index is 12.0. The smallest absolute Gasteiger partial charge is 0.308 e. The topological polar surface area (TPSA) is 92.4 Å². The van der Waals surface area contributed by atoms with Crippen LogP contribution < -0.4 is 5.32 Å². The van der Waals surface area contributed by atoms with Gasteiger partial charge in [0.15, 0.2) is 12.1 Å². The molecule has 1 saturated carbocycles. The van der Waals surface area contributed by atoms with Crippen molar-refractivity contribution in [3.8, 4) is 0 Å². The Morgan fingerprint density at radius 1 is 1.56 bits per heavy atom. The Labute approximate surface area is 104 Å². The van der Waals surface area contributed by atoms with Crippen molar-refractivity contribution in [3.63, 3.8) is 0 Å². The molecule has 1 heterocycles. The lowest BCUT2D eigenvalue weighted by atomic mass is 10.0. The number of hydrogen-bond acceptors (Lipinski definition) is 4. The number of aromatic nitrogens is 1. The number of aryl methyl sites for hydroxylation is 1. The molecule has 0 aromatic carbocycles. The predicted octanol–water partition coefficient (Wildman–Crippen LogP) is 1.22. The van der Waals surface area contributed by atoms with Crippen molar-refractivity contribution in [2.75, 3.05) is 0 Å². The second kappa shape index (κ2) is 5.20. The molecular weight excluding hydrogens is 236 g/mol. The van der Waals surface area contributed by atoms with E-state index in [2.05, 4.69) is 10.3 Å². The summed E-state index contributed by atoms with van der Waals surface area (Å²) in [5.74, 6) is -1.17. The van der Waals surface area contributed by atoms with E-state index < -0.39 is 11.9 Å². The van der Waals surface area contributed by atoms with Gasteiger partial charge in [0.1, 0.15) is 5.76 Å². The highest BCUT2D eigenvalue weighted by atomic mass is 16.4. The minimum absolute atomic E-state index is 0.258. The Kier molecular flexibility index (Phi) is 3.64. The number of aliphatic carboxylic acids is 1. The van der Waals surface area contributed by atoms with Crippen molar-refractivity contribution in [2.24, 2.45) is 5.92 Å². The van der Waals surface area contributed by atoms with Crippen LogP contribution in [0.2, 0.25) is 0 Å². The molecule has 2 atom stereocenters. The number of nitrogens with one attached hydrogen (secondary N) is 1. The molecule has 0 unspecified atom stereocenters. The van der Waals surface area contributed by atoms with Crippen LogP contribution in [0, 0.1) is 5.92 Å². The van der Waals surface area contributed by atoms with Gasteiger partial charge in [0, 0.05) is 12.5 Å². The van der Waals surface area contributed by atoms with E-state index in [-0.39, 0.29) is 17.6 Å². The van der Waals surface area contributed by atoms with Crippen molar-refractivity contribution < 1.29 is 19.1 Å². The van der Waals surface area contributed by atoms with Crippen molar-refractivity contribution in [2.45, 2.75) is 38.6 Å². The summed E-state index contributed by atoms with van der Waals surface area (Å²) in [5.41, 5.74) is 0.258. The lowest BCUT2D eigenvalue weighted by Gasteiger charge is -2.16. The number of carbonyl (C=O) groups excluding carboxylic acids is 1. The van der Waals surface area contributed by atoms with E-state index in [9.17, 15) is 9.59 Å². The minimum atomic E-state index is -0.853. The number of amides is 1. The van der Waals surface area contributed by atoms with E-state index in [0.717, 1.165) is 6.42 Å². The molecule has 6 heteroatoms. The fourth-order valence-electron chi connectivity index (χ4n) is 2.37. The third-order valence-electron chi connectivity index (χ3n) is 3.33. The molecular formula is C12H16N2O4. The monoisotopic (exact) mass is 252 g/mol. The summed E-state index contributed by atoms with van der Waals surface area (Å²) in [6.45, 7) is 1.87. The fourth-order valence-corrected chi connectivity index (χ4v) is 2.37. The molecule has 1 aliphatic carbocycles. The number of carbonyl (C=O) groups is 2. The van der Waals surface area contributed by atoms with Crippen LogP contribution in [-0.2, 0) is 11.2 Å². The predicted molar refractivity (Wildman–Crippen MR) is 62.1 cm³/mol. The third kappa shape index (κ3) is 2.37. The van der Waals surface area contributed by atoms with Gasteiger partial charge in [-0.1, -0.05) is 13.3 Å². The van der Waals surface area contributed by atoms with Crippen LogP contribution in [0.3, 0.4) is 0 Å². The molecule has 1 aromatic heterocycles. The Morgan fingerprint density at radius 3 is 3.00 bits per heavy atom. The minimum Gasteiger partial charge on any atom is -0.481 e. The standard InChI is InChI=1S/C12H16N2O4/c1-2-9-10(13-6-18-9)11(15)14-8-5-3-4-7(8)12(16)17/h6-8H,2-5H2,1H3,(H,14,15)(H,16,17)/t7-,8+/m0/s1. The van der Waals surface area contributed by atoms with Gasteiger partial charge in [-0.2, -0.15) is 0 Å². The lowest BCUT2D eigenvalue weighted by molar-refractivity contribution is -0.142. The zero-order valence-electron chi connectivity index (χ0n) is 10.2. The van der Waals surface area contributed by atoms with E-state index in [1.54, 1.807) is 0 Å². The Balaban J connectivity index is 2.05. The molecule has 98 valence electrons. The summed E-state index contributed by atoms with van der Waals surface area (Å²) >= 11 is 0. The van der Waals surface area contributed by atoms with E-state index in [1.165, 1.54) is 6.39 Å². The van der Waals surface area contributed by atoms with E-state index in [4.69, 9.17) is 9.52 Å². The Morgan fingerprint density at radius 2 is 2.33 bits per heavy atom. The van der Waals surface area contributed by atoms with Gasteiger partial charge in [0.25, 0.3) is 5.91 Å². The number of rotatable bonds is 4. The van der Waals surface area contributed by atoms with Gasteiger partial charge >= 0.3 is 5.97 Å². The zero-order chi connectivity index (χ0) is 13.1. The Hall–Kier alpha value is -1.85. The van der Waals surface area contributed by atoms with Gasteiger partial charge in [-0.3, -0.25) is 9.59 Å². The highest BCUT2D eigenvalue weighted by Gasteiger charge is 2.34. The van der Waals surface area contributed by atoms with Crippen molar-refractivity contribution in [1.29, 1.82) is 0 Å². The van der Waals surface area contributed by atoms with Crippen LogP contribution >= 0.6 is 0 Å². The SMILES string of the molecule is CCc1ocnc1C(=O)N[C@@H]1CCC[C@@H]1C(=O)O. The average Bonchev–Trinajstić information content (AvgIpc) is 2.96. The largest absolute Gasteiger partial charge is 0.481 e. The number of carboxylic acids is 1. The molecule has 0 spiro atoms. The van der Waals surface area contributed by atoms with Gasteiger partial charge in [0.2, 0.25) is 0 Å². The molecule has 18 heavy (non-hydrogen) atoms. The van der Waals surface area contributed by atoms with Crippen molar-refractivity contribution in [1.82, 2.24) is 10.3 Å². The maximum Gasteiger partial charge on any atom is 0.308 e. The third-order valence-corrected chi connectivity index (χ3v) is 3.33. The summed E-state index contributed by atoms with van der Waals surface area (Å²) in [7, 11) is 0. The number of hydrogen-bond donors (Lipinski definition) is 2. The maximum atomic E-state index is 12.0. The molecule has 6 nitrogen and oxygen atoms in total. The molecule has 1 amide bonds. The van der Waals surface area contributed by atoms with Crippen LogP contribution in [0.1, 0.15) is 42.4 Å². The molecule has 1 aliphatic rings. The summed E-state index contributed by atoms with van der Waals surface area (Å²) < 4.78 is 5.09. The van der Waals surface area contributed by atoms with Crippen LogP contribution in [0.5, 0.6) is 0 Å². The van der Waals surface area contributed by atoms with Gasteiger partial charge in [-0.15, -0.1) is 0 Å².